The van der Waals surface area contributed by atoms with E-state index >= 15 is 0 Å². The lowest BCUT2D eigenvalue weighted by Gasteiger charge is -2.21. The SMILES string of the molecule is O=C(OC(Cn1cncn1)c1ccc(Cl)cc1)C1=Cc2ccccc2OC1. The molecule has 0 fully saturated rings. The fraction of sp³-hybridized carbons (Fsp3) is 0.150. The molecule has 2 heterocycles. The largest absolute Gasteiger partial charge is 0.488 e. The fourth-order valence-corrected chi connectivity index (χ4v) is 2.95. The number of nitrogens with zero attached hydrogens (tertiary/aromatic N) is 3. The zero-order valence-electron chi connectivity index (χ0n) is 14.3. The maximum atomic E-state index is 12.7. The molecular weight excluding hydrogens is 366 g/mol. The number of carbonyl (C=O) groups is 1. The molecule has 1 unspecified atom stereocenters. The van der Waals surface area contributed by atoms with Crippen LogP contribution in [0.1, 0.15) is 17.2 Å². The Kier molecular flexibility index (Phi) is 4.89. The molecule has 0 amide bonds. The van der Waals surface area contributed by atoms with Crippen LogP contribution in [0.15, 0.2) is 66.8 Å². The van der Waals surface area contributed by atoms with Gasteiger partial charge in [-0.1, -0.05) is 41.9 Å². The Hall–Kier alpha value is -3.12. The van der Waals surface area contributed by atoms with E-state index in [0.717, 1.165) is 16.9 Å². The second-order valence-electron chi connectivity index (χ2n) is 6.06. The van der Waals surface area contributed by atoms with Gasteiger partial charge in [0.1, 0.15) is 31.1 Å². The third-order valence-electron chi connectivity index (χ3n) is 4.20. The van der Waals surface area contributed by atoms with Crippen molar-refractivity contribution >= 4 is 23.6 Å². The Morgan fingerprint density at radius 1 is 1.22 bits per heavy atom. The number of hydrogen-bond donors (Lipinski definition) is 0. The number of para-hydroxylation sites is 1. The second kappa shape index (κ2) is 7.63. The summed E-state index contributed by atoms with van der Waals surface area (Å²) in [7, 11) is 0. The lowest BCUT2D eigenvalue weighted by atomic mass is 10.1. The molecule has 0 aliphatic carbocycles. The number of halogens is 1. The first kappa shape index (κ1) is 17.3. The van der Waals surface area contributed by atoms with E-state index in [9.17, 15) is 4.79 Å². The normalized spacial score (nSPS) is 13.9. The second-order valence-corrected chi connectivity index (χ2v) is 6.50. The summed E-state index contributed by atoms with van der Waals surface area (Å²) < 4.78 is 13.1. The molecule has 0 N–H and O–H groups in total. The number of hydrogen-bond acceptors (Lipinski definition) is 5. The third-order valence-corrected chi connectivity index (χ3v) is 4.46. The first-order valence-electron chi connectivity index (χ1n) is 8.40. The maximum absolute atomic E-state index is 12.7. The fourth-order valence-electron chi connectivity index (χ4n) is 2.82. The molecule has 7 heteroatoms. The minimum absolute atomic E-state index is 0.173. The minimum Gasteiger partial charge on any atom is -0.488 e. The van der Waals surface area contributed by atoms with Gasteiger partial charge in [-0.3, -0.25) is 0 Å². The number of benzene rings is 2. The van der Waals surface area contributed by atoms with Crippen LogP contribution in [0.2, 0.25) is 5.02 Å². The molecule has 1 atom stereocenters. The molecule has 3 aromatic rings. The number of aromatic nitrogens is 3. The molecule has 6 nitrogen and oxygen atoms in total. The smallest absolute Gasteiger partial charge is 0.338 e. The Labute approximate surface area is 161 Å². The molecule has 0 bridgehead atoms. The van der Waals surface area contributed by atoms with Gasteiger partial charge in [0.2, 0.25) is 0 Å². The van der Waals surface area contributed by atoms with Gasteiger partial charge in [0, 0.05) is 10.6 Å². The van der Waals surface area contributed by atoms with E-state index in [4.69, 9.17) is 21.1 Å². The first-order valence-corrected chi connectivity index (χ1v) is 8.78. The van der Waals surface area contributed by atoms with Gasteiger partial charge >= 0.3 is 5.97 Å². The number of esters is 1. The highest BCUT2D eigenvalue weighted by atomic mass is 35.5. The highest BCUT2D eigenvalue weighted by molar-refractivity contribution is 6.30. The number of ether oxygens (including phenoxy) is 2. The summed E-state index contributed by atoms with van der Waals surface area (Å²) in [4.78, 5) is 16.7. The van der Waals surface area contributed by atoms with Crippen molar-refractivity contribution < 1.29 is 14.3 Å². The van der Waals surface area contributed by atoms with Crippen molar-refractivity contribution in [3.8, 4) is 5.75 Å². The van der Waals surface area contributed by atoms with Crippen molar-refractivity contribution in [2.75, 3.05) is 6.61 Å². The van der Waals surface area contributed by atoms with E-state index in [-0.39, 0.29) is 6.61 Å². The van der Waals surface area contributed by atoms with Gasteiger partial charge in [-0.05, 0) is 29.8 Å². The Bertz CT molecular complexity index is 968. The van der Waals surface area contributed by atoms with Crippen LogP contribution in [0.5, 0.6) is 5.75 Å². The van der Waals surface area contributed by atoms with Crippen molar-refractivity contribution in [1.29, 1.82) is 0 Å². The Balaban J connectivity index is 1.56. The topological polar surface area (TPSA) is 66.2 Å². The van der Waals surface area contributed by atoms with Gasteiger partial charge in [-0.25, -0.2) is 14.5 Å². The molecule has 1 aliphatic rings. The van der Waals surface area contributed by atoms with Crippen molar-refractivity contribution in [2.45, 2.75) is 12.6 Å². The van der Waals surface area contributed by atoms with E-state index in [0.29, 0.717) is 17.1 Å². The lowest BCUT2D eigenvalue weighted by molar-refractivity contribution is -0.145. The van der Waals surface area contributed by atoms with Crippen LogP contribution in [0.3, 0.4) is 0 Å². The first-order chi connectivity index (χ1) is 13.2. The molecular formula is C20H16ClN3O3. The van der Waals surface area contributed by atoms with Crippen molar-refractivity contribution in [3.63, 3.8) is 0 Å². The Morgan fingerprint density at radius 3 is 2.81 bits per heavy atom. The molecule has 0 spiro atoms. The summed E-state index contributed by atoms with van der Waals surface area (Å²) in [5.41, 5.74) is 2.14. The van der Waals surface area contributed by atoms with E-state index in [1.165, 1.54) is 6.33 Å². The zero-order valence-corrected chi connectivity index (χ0v) is 15.0. The summed E-state index contributed by atoms with van der Waals surface area (Å²) >= 11 is 5.97. The van der Waals surface area contributed by atoms with Gasteiger partial charge in [-0.2, -0.15) is 5.10 Å². The van der Waals surface area contributed by atoms with Gasteiger partial charge in [0.25, 0.3) is 0 Å². The molecule has 27 heavy (non-hydrogen) atoms. The van der Waals surface area contributed by atoms with Crippen LogP contribution in [-0.4, -0.2) is 27.3 Å². The summed E-state index contributed by atoms with van der Waals surface area (Å²) in [5, 5.41) is 4.71. The molecule has 4 rings (SSSR count). The van der Waals surface area contributed by atoms with Crippen LogP contribution < -0.4 is 4.74 Å². The predicted octanol–water partition coefficient (Wildman–Crippen LogP) is 3.69. The molecule has 0 saturated heterocycles. The van der Waals surface area contributed by atoms with E-state index in [2.05, 4.69) is 10.1 Å². The van der Waals surface area contributed by atoms with E-state index in [1.54, 1.807) is 29.2 Å². The lowest BCUT2D eigenvalue weighted by Crippen LogP contribution is -2.22. The standard InChI is InChI=1S/C20H16ClN3O3/c21-17-7-5-14(6-8-17)19(10-24-13-22-12-23-24)27-20(25)16-9-15-3-1-2-4-18(15)26-11-16/h1-9,12-13,19H,10-11H2. The minimum atomic E-state index is -0.533. The third kappa shape index (κ3) is 4.01. The average Bonchev–Trinajstić information content (AvgIpc) is 3.21. The van der Waals surface area contributed by atoms with Crippen molar-refractivity contribution in [2.24, 2.45) is 0 Å². The number of carbonyl (C=O) groups excluding carboxylic acids is 1. The van der Waals surface area contributed by atoms with Crippen LogP contribution >= 0.6 is 11.6 Å². The van der Waals surface area contributed by atoms with Gasteiger partial charge in [0.05, 0.1) is 12.1 Å². The number of rotatable bonds is 5. The maximum Gasteiger partial charge on any atom is 0.338 e. The van der Waals surface area contributed by atoms with Crippen LogP contribution in [0.4, 0.5) is 0 Å². The molecule has 0 radical (unpaired) electrons. The summed E-state index contributed by atoms with van der Waals surface area (Å²) in [5.74, 6) is 0.329. The zero-order chi connectivity index (χ0) is 18.6. The van der Waals surface area contributed by atoms with E-state index in [1.807, 2.05) is 36.4 Å². The monoisotopic (exact) mass is 381 g/mol. The number of fused-ring (bicyclic) bond motifs is 1. The van der Waals surface area contributed by atoms with E-state index < -0.39 is 12.1 Å². The Morgan fingerprint density at radius 2 is 2.04 bits per heavy atom. The van der Waals surface area contributed by atoms with Crippen molar-refractivity contribution in [1.82, 2.24) is 14.8 Å². The van der Waals surface area contributed by atoms with Gasteiger partial charge in [-0.15, -0.1) is 0 Å². The quantitative estimate of drug-likeness (QED) is 0.630. The van der Waals surface area contributed by atoms with Crippen molar-refractivity contribution in [3.05, 3.63) is 82.9 Å². The molecule has 2 aromatic carbocycles. The van der Waals surface area contributed by atoms with Gasteiger partial charge in [0.15, 0.2) is 0 Å². The highest BCUT2D eigenvalue weighted by Gasteiger charge is 2.23. The molecule has 1 aliphatic heterocycles. The van der Waals surface area contributed by atoms with Gasteiger partial charge < -0.3 is 9.47 Å². The average molecular weight is 382 g/mol. The highest BCUT2D eigenvalue weighted by Crippen LogP contribution is 2.28. The van der Waals surface area contributed by atoms with Crippen LogP contribution in [0.25, 0.3) is 6.08 Å². The van der Waals surface area contributed by atoms with Crippen LogP contribution in [-0.2, 0) is 16.1 Å². The summed E-state index contributed by atoms with van der Waals surface area (Å²) in [6, 6.07) is 14.7. The predicted molar refractivity (Wildman–Crippen MR) is 100 cm³/mol. The summed E-state index contributed by atoms with van der Waals surface area (Å²) in [6.07, 6.45) is 4.29. The summed E-state index contributed by atoms with van der Waals surface area (Å²) in [6.45, 7) is 0.518. The molecule has 136 valence electrons. The van der Waals surface area contributed by atoms with Crippen LogP contribution in [0, 0.1) is 0 Å². The molecule has 1 aromatic heterocycles. The molecule has 0 saturated carbocycles.